The van der Waals surface area contributed by atoms with Crippen LogP contribution in [0.1, 0.15) is 18.4 Å². The summed E-state index contributed by atoms with van der Waals surface area (Å²) in [6, 6.07) is 7.31. The molecule has 2 heterocycles. The van der Waals surface area contributed by atoms with E-state index in [1.165, 1.54) is 6.07 Å². The maximum atomic E-state index is 12.7. The number of pyridine rings is 1. The van der Waals surface area contributed by atoms with Gasteiger partial charge in [-0.3, -0.25) is 4.79 Å². The molecule has 1 aliphatic heterocycles. The predicted octanol–water partition coefficient (Wildman–Crippen LogP) is 4.31. The fraction of sp³-hybridized carbons (Fsp3) is 0.333. The van der Waals surface area contributed by atoms with E-state index in [1.807, 2.05) is 0 Å². The zero-order valence-electron chi connectivity index (χ0n) is 14.1. The minimum Gasteiger partial charge on any atom is -0.506 e. The zero-order valence-corrected chi connectivity index (χ0v) is 14.9. The first-order valence-electron chi connectivity index (χ1n) is 8.32. The first-order chi connectivity index (χ1) is 12.8. The van der Waals surface area contributed by atoms with Crippen LogP contribution in [0, 0.1) is 5.92 Å². The number of phenols is 1. The van der Waals surface area contributed by atoms with Crippen molar-refractivity contribution in [3.8, 4) is 5.75 Å². The second-order valence-electron chi connectivity index (χ2n) is 6.29. The van der Waals surface area contributed by atoms with E-state index >= 15 is 0 Å². The van der Waals surface area contributed by atoms with E-state index in [-0.39, 0.29) is 28.4 Å². The maximum Gasteiger partial charge on any atom is 0.417 e. The molecule has 2 N–H and O–H groups in total. The Morgan fingerprint density at radius 3 is 2.52 bits per heavy atom. The molecule has 0 atom stereocenters. The molecular formula is C18H17ClF3N3O2. The SMILES string of the molecule is O=C(Nc1ccccc1O)C1CCN(c2ncc(C(F)(F)F)cc2Cl)CC1. The summed E-state index contributed by atoms with van der Waals surface area (Å²) in [6.07, 6.45) is -2.74. The highest BCUT2D eigenvalue weighted by atomic mass is 35.5. The van der Waals surface area contributed by atoms with Crippen LogP contribution in [-0.2, 0) is 11.0 Å². The van der Waals surface area contributed by atoms with Crippen molar-refractivity contribution in [3.63, 3.8) is 0 Å². The van der Waals surface area contributed by atoms with Crippen LogP contribution in [0.25, 0.3) is 0 Å². The maximum absolute atomic E-state index is 12.7. The summed E-state index contributed by atoms with van der Waals surface area (Å²) < 4.78 is 38.1. The molecule has 5 nitrogen and oxygen atoms in total. The molecule has 0 bridgehead atoms. The van der Waals surface area contributed by atoms with Gasteiger partial charge in [0.15, 0.2) is 0 Å². The molecule has 1 aromatic heterocycles. The van der Waals surface area contributed by atoms with Gasteiger partial charge < -0.3 is 15.3 Å². The van der Waals surface area contributed by atoms with Crippen molar-refractivity contribution in [1.82, 2.24) is 4.98 Å². The number of nitrogens with one attached hydrogen (secondary N) is 1. The number of hydrogen-bond acceptors (Lipinski definition) is 4. The topological polar surface area (TPSA) is 65.5 Å². The summed E-state index contributed by atoms with van der Waals surface area (Å²) in [6.45, 7) is 0.883. The van der Waals surface area contributed by atoms with E-state index in [0.29, 0.717) is 31.6 Å². The Bertz CT molecular complexity index is 837. The molecule has 0 unspecified atom stereocenters. The summed E-state index contributed by atoms with van der Waals surface area (Å²) >= 11 is 5.98. The minimum absolute atomic E-state index is 0.0102. The van der Waals surface area contributed by atoms with E-state index < -0.39 is 11.7 Å². The summed E-state index contributed by atoms with van der Waals surface area (Å²) in [5, 5.41) is 12.4. The van der Waals surface area contributed by atoms with Crippen LogP contribution in [0.3, 0.4) is 0 Å². The number of hydrogen-bond donors (Lipinski definition) is 2. The standard InChI is InChI=1S/C18H17ClF3N3O2/c19-13-9-12(18(20,21)22)10-23-16(13)25-7-5-11(6-8-25)17(27)24-14-3-1-2-4-15(14)26/h1-4,9-11,26H,5-8H2,(H,24,27). The van der Waals surface area contributed by atoms with E-state index in [0.717, 1.165) is 12.3 Å². The van der Waals surface area contributed by atoms with Crippen molar-refractivity contribution < 1.29 is 23.1 Å². The van der Waals surface area contributed by atoms with E-state index in [2.05, 4.69) is 10.3 Å². The molecule has 1 fully saturated rings. The summed E-state index contributed by atoms with van der Waals surface area (Å²) in [7, 11) is 0. The van der Waals surface area contributed by atoms with Gasteiger partial charge in [0.2, 0.25) is 5.91 Å². The van der Waals surface area contributed by atoms with Crippen LogP contribution in [0.5, 0.6) is 5.75 Å². The molecule has 144 valence electrons. The molecule has 9 heteroatoms. The number of benzene rings is 1. The number of alkyl halides is 3. The minimum atomic E-state index is -4.50. The second-order valence-corrected chi connectivity index (χ2v) is 6.70. The third-order valence-electron chi connectivity index (χ3n) is 4.48. The lowest BCUT2D eigenvalue weighted by Gasteiger charge is -2.32. The number of piperidine rings is 1. The smallest absolute Gasteiger partial charge is 0.417 e. The lowest BCUT2D eigenvalue weighted by molar-refractivity contribution is -0.137. The van der Waals surface area contributed by atoms with Crippen LogP contribution < -0.4 is 10.2 Å². The number of nitrogens with zero attached hydrogens (tertiary/aromatic N) is 2. The Balaban J connectivity index is 1.62. The lowest BCUT2D eigenvalue weighted by atomic mass is 9.95. The normalized spacial score (nSPS) is 15.6. The molecule has 0 spiro atoms. The van der Waals surface area contributed by atoms with Crippen molar-refractivity contribution in [2.24, 2.45) is 5.92 Å². The van der Waals surface area contributed by atoms with Crippen LogP contribution in [0.15, 0.2) is 36.5 Å². The average molecular weight is 400 g/mol. The largest absolute Gasteiger partial charge is 0.506 e. The van der Waals surface area contributed by atoms with Crippen LogP contribution in [0.4, 0.5) is 24.7 Å². The number of anilines is 2. The van der Waals surface area contributed by atoms with Gasteiger partial charge in [0.1, 0.15) is 11.6 Å². The summed E-state index contributed by atoms with van der Waals surface area (Å²) in [5.74, 6) is -0.204. The Labute approximate surface area is 158 Å². The molecule has 27 heavy (non-hydrogen) atoms. The van der Waals surface area contributed by atoms with Crippen molar-refractivity contribution >= 4 is 29.0 Å². The van der Waals surface area contributed by atoms with Gasteiger partial charge in [-0.1, -0.05) is 23.7 Å². The molecule has 2 aromatic rings. The number of carbonyl (C=O) groups excluding carboxylic acids is 1. The summed E-state index contributed by atoms with van der Waals surface area (Å²) in [5.41, 5.74) is -0.550. The average Bonchev–Trinajstić information content (AvgIpc) is 2.63. The van der Waals surface area contributed by atoms with Crippen LogP contribution in [-0.4, -0.2) is 29.1 Å². The highest BCUT2D eigenvalue weighted by Gasteiger charge is 2.33. The van der Waals surface area contributed by atoms with Crippen molar-refractivity contribution in [3.05, 3.63) is 47.1 Å². The highest BCUT2D eigenvalue weighted by molar-refractivity contribution is 6.33. The predicted molar refractivity (Wildman–Crippen MR) is 95.9 cm³/mol. The first-order valence-corrected chi connectivity index (χ1v) is 8.70. The highest BCUT2D eigenvalue weighted by Crippen LogP contribution is 2.35. The van der Waals surface area contributed by atoms with Crippen LogP contribution in [0.2, 0.25) is 5.02 Å². The number of amides is 1. The fourth-order valence-electron chi connectivity index (χ4n) is 2.99. The van der Waals surface area contributed by atoms with Gasteiger partial charge in [-0.2, -0.15) is 13.2 Å². The molecular weight excluding hydrogens is 383 g/mol. The lowest BCUT2D eigenvalue weighted by Crippen LogP contribution is -2.38. The number of carbonyl (C=O) groups is 1. The molecule has 0 saturated carbocycles. The van der Waals surface area contributed by atoms with Crippen molar-refractivity contribution in [2.75, 3.05) is 23.3 Å². The monoisotopic (exact) mass is 399 g/mol. The third kappa shape index (κ3) is 4.44. The molecule has 0 aliphatic carbocycles. The number of phenolic OH excluding ortho intramolecular Hbond substituents is 1. The number of aromatic hydroxyl groups is 1. The van der Waals surface area contributed by atoms with E-state index in [4.69, 9.17) is 11.6 Å². The molecule has 3 rings (SSSR count). The molecule has 1 amide bonds. The Hall–Kier alpha value is -2.48. The Morgan fingerprint density at radius 1 is 1.26 bits per heavy atom. The van der Waals surface area contributed by atoms with Crippen LogP contribution >= 0.6 is 11.6 Å². The van der Waals surface area contributed by atoms with E-state index in [1.54, 1.807) is 23.1 Å². The van der Waals surface area contributed by atoms with Crippen molar-refractivity contribution in [2.45, 2.75) is 19.0 Å². The number of rotatable bonds is 3. The Morgan fingerprint density at radius 2 is 1.93 bits per heavy atom. The van der Waals surface area contributed by atoms with Gasteiger partial charge in [0.25, 0.3) is 0 Å². The third-order valence-corrected chi connectivity index (χ3v) is 4.75. The zero-order chi connectivity index (χ0) is 19.6. The quantitative estimate of drug-likeness (QED) is 0.755. The van der Waals surface area contributed by atoms with Gasteiger partial charge in [-0.25, -0.2) is 4.98 Å². The van der Waals surface area contributed by atoms with Gasteiger partial charge in [0, 0.05) is 25.2 Å². The fourth-order valence-corrected chi connectivity index (χ4v) is 3.27. The summed E-state index contributed by atoms with van der Waals surface area (Å²) in [4.78, 5) is 18.0. The van der Waals surface area contributed by atoms with Gasteiger partial charge >= 0.3 is 6.18 Å². The van der Waals surface area contributed by atoms with E-state index in [9.17, 15) is 23.1 Å². The molecule has 0 radical (unpaired) electrons. The molecule has 1 aliphatic rings. The van der Waals surface area contributed by atoms with Crippen molar-refractivity contribution in [1.29, 1.82) is 0 Å². The molecule has 1 aromatic carbocycles. The number of para-hydroxylation sites is 2. The number of aromatic nitrogens is 1. The number of halogens is 4. The van der Waals surface area contributed by atoms with Gasteiger partial charge in [-0.15, -0.1) is 0 Å². The van der Waals surface area contributed by atoms with Gasteiger partial charge in [0.05, 0.1) is 16.3 Å². The second kappa shape index (κ2) is 7.64. The van der Waals surface area contributed by atoms with Gasteiger partial charge in [-0.05, 0) is 31.0 Å². The Kier molecular flexibility index (Phi) is 5.46. The first kappa shape index (κ1) is 19.3. The molecule has 1 saturated heterocycles.